The van der Waals surface area contributed by atoms with Crippen molar-refractivity contribution >= 4 is 29.9 Å². The number of benzene rings is 2. The lowest BCUT2D eigenvalue weighted by Crippen LogP contribution is -2.41. The van der Waals surface area contributed by atoms with Gasteiger partial charge in [-0.1, -0.05) is 36.4 Å². The SMILES string of the molecule is CN=C(NCCc1ccc(OC)c(OC)c1)NCC1CCN(CCc2ccccc2)C1.I. The van der Waals surface area contributed by atoms with Crippen LogP contribution in [0.25, 0.3) is 0 Å². The minimum absolute atomic E-state index is 0. The van der Waals surface area contributed by atoms with E-state index in [2.05, 4.69) is 56.9 Å². The average Bonchev–Trinajstić information content (AvgIpc) is 3.28. The smallest absolute Gasteiger partial charge is 0.190 e. The normalized spacial score (nSPS) is 16.3. The lowest BCUT2D eigenvalue weighted by atomic mass is 10.1. The number of hydrogen-bond donors (Lipinski definition) is 2. The summed E-state index contributed by atoms with van der Waals surface area (Å²) in [6.45, 7) is 5.24. The molecular formula is C25H37IN4O2. The van der Waals surface area contributed by atoms with Crippen molar-refractivity contribution in [3.05, 3.63) is 59.7 Å². The van der Waals surface area contributed by atoms with Crippen molar-refractivity contribution in [2.45, 2.75) is 19.3 Å². The monoisotopic (exact) mass is 552 g/mol. The number of rotatable bonds is 10. The number of hydrogen-bond acceptors (Lipinski definition) is 4. The molecule has 32 heavy (non-hydrogen) atoms. The van der Waals surface area contributed by atoms with Crippen molar-refractivity contribution in [1.29, 1.82) is 0 Å². The van der Waals surface area contributed by atoms with Crippen molar-refractivity contribution in [3.63, 3.8) is 0 Å². The third kappa shape index (κ3) is 8.16. The summed E-state index contributed by atoms with van der Waals surface area (Å²) >= 11 is 0. The maximum absolute atomic E-state index is 5.39. The number of likely N-dealkylation sites (tertiary alicyclic amines) is 1. The Bertz CT molecular complexity index is 832. The first-order valence-electron chi connectivity index (χ1n) is 11.1. The van der Waals surface area contributed by atoms with Gasteiger partial charge in [0.1, 0.15) is 0 Å². The summed E-state index contributed by atoms with van der Waals surface area (Å²) in [6.07, 6.45) is 3.25. The molecular weight excluding hydrogens is 515 g/mol. The maximum Gasteiger partial charge on any atom is 0.190 e. The van der Waals surface area contributed by atoms with Gasteiger partial charge in [0.15, 0.2) is 17.5 Å². The fourth-order valence-electron chi connectivity index (χ4n) is 4.04. The number of halogens is 1. The molecule has 7 heteroatoms. The van der Waals surface area contributed by atoms with Gasteiger partial charge in [0.05, 0.1) is 14.2 Å². The summed E-state index contributed by atoms with van der Waals surface area (Å²) in [4.78, 5) is 6.95. The molecule has 176 valence electrons. The van der Waals surface area contributed by atoms with Crippen molar-refractivity contribution in [2.75, 3.05) is 54.0 Å². The second kappa shape index (κ2) is 14.2. The number of nitrogens with one attached hydrogen (secondary N) is 2. The summed E-state index contributed by atoms with van der Waals surface area (Å²) in [5.41, 5.74) is 2.62. The molecule has 0 bridgehead atoms. The Hall–Kier alpha value is -2.00. The van der Waals surface area contributed by atoms with Gasteiger partial charge in [-0.05, 0) is 55.0 Å². The highest BCUT2D eigenvalue weighted by molar-refractivity contribution is 14.0. The van der Waals surface area contributed by atoms with Crippen molar-refractivity contribution in [1.82, 2.24) is 15.5 Å². The highest BCUT2D eigenvalue weighted by atomic mass is 127. The standard InChI is InChI=1S/C25H36N4O2.HI/c1-26-25(27-14-11-21-9-10-23(30-2)24(17-21)31-3)28-18-22-13-16-29(19-22)15-12-20-7-5-4-6-8-20;/h4-10,17,22H,11-16,18-19H2,1-3H3,(H2,26,27,28);1H. The average molecular weight is 553 g/mol. The van der Waals surface area contributed by atoms with Gasteiger partial charge < -0.3 is 25.0 Å². The molecule has 6 nitrogen and oxygen atoms in total. The molecule has 0 radical (unpaired) electrons. The Morgan fingerprint density at radius 3 is 2.50 bits per heavy atom. The first-order chi connectivity index (χ1) is 15.2. The van der Waals surface area contributed by atoms with Crippen molar-refractivity contribution in [2.24, 2.45) is 10.9 Å². The van der Waals surface area contributed by atoms with Gasteiger partial charge in [-0.15, -0.1) is 24.0 Å². The van der Waals surface area contributed by atoms with E-state index in [0.29, 0.717) is 5.92 Å². The van der Waals surface area contributed by atoms with Crippen LogP contribution in [0.2, 0.25) is 0 Å². The maximum atomic E-state index is 5.39. The Balaban J connectivity index is 0.00000363. The van der Waals surface area contributed by atoms with Crippen LogP contribution in [0.15, 0.2) is 53.5 Å². The lowest BCUT2D eigenvalue weighted by Gasteiger charge is -2.18. The molecule has 1 heterocycles. The van der Waals surface area contributed by atoms with Crippen molar-refractivity contribution in [3.8, 4) is 11.5 Å². The number of nitrogens with zero attached hydrogens (tertiary/aromatic N) is 2. The molecule has 0 aromatic heterocycles. The molecule has 2 N–H and O–H groups in total. The number of guanidine groups is 1. The molecule has 1 atom stereocenters. The van der Waals surface area contributed by atoms with E-state index in [9.17, 15) is 0 Å². The fraction of sp³-hybridized carbons (Fsp3) is 0.480. The van der Waals surface area contributed by atoms with E-state index >= 15 is 0 Å². The van der Waals surface area contributed by atoms with Crippen LogP contribution in [0.1, 0.15) is 17.5 Å². The number of methoxy groups -OCH3 is 2. The second-order valence-electron chi connectivity index (χ2n) is 8.01. The molecule has 0 aliphatic carbocycles. The van der Waals surface area contributed by atoms with E-state index in [1.807, 2.05) is 19.2 Å². The molecule has 1 fully saturated rings. The zero-order chi connectivity index (χ0) is 21.9. The quantitative estimate of drug-likeness (QED) is 0.268. The van der Waals surface area contributed by atoms with Gasteiger partial charge in [-0.2, -0.15) is 0 Å². The highest BCUT2D eigenvalue weighted by Crippen LogP contribution is 2.27. The van der Waals surface area contributed by atoms with Crippen LogP contribution in [0.5, 0.6) is 11.5 Å². The van der Waals surface area contributed by atoms with Crippen molar-refractivity contribution < 1.29 is 9.47 Å². The van der Waals surface area contributed by atoms with Gasteiger partial charge >= 0.3 is 0 Å². The second-order valence-corrected chi connectivity index (χ2v) is 8.01. The van der Waals surface area contributed by atoms with Crippen LogP contribution in [0.4, 0.5) is 0 Å². The molecule has 3 rings (SSSR count). The third-order valence-electron chi connectivity index (χ3n) is 5.87. The van der Waals surface area contributed by atoms with Crippen LogP contribution < -0.4 is 20.1 Å². The van der Waals surface area contributed by atoms with Crippen LogP contribution in [0, 0.1) is 5.92 Å². The zero-order valence-corrected chi connectivity index (χ0v) is 21.8. The molecule has 0 spiro atoms. The molecule has 1 aliphatic rings. The summed E-state index contributed by atoms with van der Waals surface area (Å²) in [7, 11) is 5.14. The van der Waals surface area contributed by atoms with Crippen LogP contribution in [-0.2, 0) is 12.8 Å². The molecule has 1 saturated heterocycles. The molecule has 1 unspecified atom stereocenters. The Morgan fingerprint density at radius 2 is 1.78 bits per heavy atom. The Labute approximate surface area is 209 Å². The van der Waals surface area contributed by atoms with Crippen LogP contribution in [-0.4, -0.2) is 64.9 Å². The Morgan fingerprint density at radius 1 is 1.00 bits per heavy atom. The van der Waals surface area contributed by atoms with E-state index in [-0.39, 0.29) is 24.0 Å². The predicted molar refractivity (Wildman–Crippen MR) is 143 cm³/mol. The molecule has 2 aromatic carbocycles. The van der Waals surface area contributed by atoms with E-state index in [1.54, 1.807) is 14.2 Å². The predicted octanol–water partition coefficient (Wildman–Crippen LogP) is 3.59. The fourth-order valence-corrected chi connectivity index (χ4v) is 4.04. The van der Waals surface area contributed by atoms with E-state index in [1.165, 1.54) is 24.1 Å². The largest absolute Gasteiger partial charge is 0.493 e. The van der Waals surface area contributed by atoms with Gasteiger partial charge in [-0.25, -0.2) is 0 Å². The first-order valence-corrected chi connectivity index (χ1v) is 11.1. The minimum atomic E-state index is 0. The lowest BCUT2D eigenvalue weighted by molar-refractivity contribution is 0.328. The highest BCUT2D eigenvalue weighted by Gasteiger charge is 2.22. The van der Waals surface area contributed by atoms with Crippen LogP contribution in [0.3, 0.4) is 0 Å². The van der Waals surface area contributed by atoms with Gasteiger partial charge in [0.2, 0.25) is 0 Å². The molecule has 0 amide bonds. The van der Waals surface area contributed by atoms with Gasteiger partial charge in [0, 0.05) is 33.2 Å². The minimum Gasteiger partial charge on any atom is -0.493 e. The summed E-state index contributed by atoms with van der Waals surface area (Å²) in [5.74, 6) is 3.05. The number of ether oxygens (including phenoxy) is 2. The first kappa shape index (κ1) is 26.3. The zero-order valence-electron chi connectivity index (χ0n) is 19.5. The summed E-state index contributed by atoms with van der Waals surface area (Å²) < 4.78 is 10.7. The molecule has 1 aliphatic heterocycles. The van der Waals surface area contributed by atoms with E-state index in [4.69, 9.17) is 9.47 Å². The molecule has 0 saturated carbocycles. The van der Waals surface area contributed by atoms with E-state index < -0.39 is 0 Å². The Kier molecular flexibility index (Phi) is 11.7. The molecule has 2 aromatic rings. The topological polar surface area (TPSA) is 58.1 Å². The van der Waals surface area contributed by atoms with Gasteiger partial charge in [0.25, 0.3) is 0 Å². The third-order valence-corrected chi connectivity index (χ3v) is 5.87. The number of aliphatic imine (C=N–C) groups is 1. The van der Waals surface area contributed by atoms with Crippen LogP contribution >= 0.6 is 24.0 Å². The van der Waals surface area contributed by atoms with Gasteiger partial charge in [-0.3, -0.25) is 4.99 Å². The summed E-state index contributed by atoms with van der Waals surface area (Å²) in [6, 6.07) is 16.8. The van der Waals surface area contributed by atoms with E-state index in [0.717, 1.165) is 56.5 Å². The summed E-state index contributed by atoms with van der Waals surface area (Å²) in [5, 5.41) is 6.92.